The Labute approximate surface area is 111 Å². The van der Waals surface area contributed by atoms with Gasteiger partial charge in [-0.15, -0.1) is 11.3 Å². The van der Waals surface area contributed by atoms with Crippen LogP contribution in [-0.2, 0) is 17.8 Å². The molecule has 98 valence electrons. The first-order chi connectivity index (χ1) is 8.77. The van der Waals surface area contributed by atoms with Crippen LogP contribution in [0.1, 0.15) is 40.1 Å². The van der Waals surface area contributed by atoms with Crippen molar-refractivity contribution in [2.24, 2.45) is 0 Å². The number of hydrogen-bond donors (Lipinski definition) is 1. The van der Waals surface area contributed by atoms with Crippen molar-refractivity contribution in [1.82, 2.24) is 4.90 Å². The molecule has 0 saturated carbocycles. The molecule has 0 radical (unpaired) electrons. The number of amides is 1. The Morgan fingerprint density at radius 1 is 1.28 bits per heavy atom. The van der Waals surface area contributed by atoms with Crippen LogP contribution in [0.4, 0.5) is 5.00 Å². The van der Waals surface area contributed by atoms with Crippen LogP contribution in [0.5, 0.6) is 0 Å². The first-order valence-corrected chi connectivity index (χ1v) is 7.36. The van der Waals surface area contributed by atoms with E-state index in [1.165, 1.54) is 17.8 Å². The van der Waals surface area contributed by atoms with Crippen molar-refractivity contribution in [2.75, 3.05) is 25.4 Å². The topological polar surface area (TPSA) is 55.6 Å². The summed E-state index contributed by atoms with van der Waals surface area (Å²) in [6.45, 7) is 3.06. The summed E-state index contributed by atoms with van der Waals surface area (Å²) in [4.78, 5) is 15.7. The number of nitrogens with two attached hydrogens (primary N) is 1. The Morgan fingerprint density at radius 3 is 2.83 bits per heavy atom. The molecule has 1 aromatic heterocycles. The van der Waals surface area contributed by atoms with Gasteiger partial charge in [0.2, 0.25) is 0 Å². The molecule has 4 nitrogen and oxygen atoms in total. The SMILES string of the molecule is Nc1sc2c(c1C(=O)N1CCCCC1)CCOC2. The van der Waals surface area contributed by atoms with Crippen molar-refractivity contribution in [3.8, 4) is 0 Å². The monoisotopic (exact) mass is 266 g/mol. The smallest absolute Gasteiger partial charge is 0.257 e. The minimum absolute atomic E-state index is 0.131. The normalized spacial score (nSPS) is 19.7. The van der Waals surface area contributed by atoms with Gasteiger partial charge in [-0.1, -0.05) is 0 Å². The first kappa shape index (κ1) is 12.0. The third-order valence-corrected chi connectivity index (χ3v) is 4.74. The summed E-state index contributed by atoms with van der Waals surface area (Å²) in [7, 11) is 0. The number of fused-ring (bicyclic) bond motifs is 1. The highest BCUT2D eigenvalue weighted by molar-refractivity contribution is 7.16. The van der Waals surface area contributed by atoms with E-state index in [0.29, 0.717) is 18.2 Å². The Kier molecular flexibility index (Phi) is 3.26. The average Bonchev–Trinajstić information content (AvgIpc) is 2.75. The molecule has 3 heterocycles. The van der Waals surface area contributed by atoms with E-state index in [1.54, 1.807) is 0 Å². The second kappa shape index (κ2) is 4.90. The van der Waals surface area contributed by atoms with Crippen molar-refractivity contribution in [3.05, 3.63) is 16.0 Å². The van der Waals surface area contributed by atoms with Crippen molar-refractivity contribution in [3.63, 3.8) is 0 Å². The highest BCUT2D eigenvalue weighted by atomic mass is 32.1. The lowest BCUT2D eigenvalue weighted by molar-refractivity contribution is 0.0720. The van der Waals surface area contributed by atoms with E-state index in [0.717, 1.165) is 48.4 Å². The molecule has 5 heteroatoms. The lowest BCUT2D eigenvalue weighted by Crippen LogP contribution is -2.36. The summed E-state index contributed by atoms with van der Waals surface area (Å²) in [5.41, 5.74) is 7.95. The molecule has 3 rings (SSSR count). The number of ether oxygens (including phenoxy) is 1. The minimum atomic E-state index is 0.131. The Bertz CT molecular complexity index is 464. The number of likely N-dealkylation sites (tertiary alicyclic amines) is 1. The zero-order valence-corrected chi connectivity index (χ0v) is 11.2. The molecule has 0 aromatic carbocycles. The van der Waals surface area contributed by atoms with Gasteiger partial charge in [0.15, 0.2) is 0 Å². The first-order valence-electron chi connectivity index (χ1n) is 6.54. The van der Waals surface area contributed by atoms with Gasteiger partial charge in [-0.3, -0.25) is 4.79 Å². The van der Waals surface area contributed by atoms with Gasteiger partial charge in [0.1, 0.15) is 0 Å². The standard InChI is InChI=1S/C13H18N2O2S/c14-12-11(9-4-7-17-8-10(9)18-12)13(16)15-5-2-1-3-6-15/h1-8,14H2. The second-order valence-corrected chi connectivity index (χ2v) is 6.04. The molecular formula is C13H18N2O2S. The third-order valence-electron chi connectivity index (χ3n) is 3.70. The van der Waals surface area contributed by atoms with Gasteiger partial charge in [0, 0.05) is 18.0 Å². The maximum absolute atomic E-state index is 12.6. The molecule has 0 atom stereocenters. The summed E-state index contributed by atoms with van der Waals surface area (Å²) in [5.74, 6) is 0.131. The molecule has 1 fully saturated rings. The van der Waals surface area contributed by atoms with Gasteiger partial charge in [-0.25, -0.2) is 0 Å². The molecule has 0 unspecified atom stereocenters. The zero-order valence-electron chi connectivity index (χ0n) is 10.4. The zero-order chi connectivity index (χ0) is 12.5. The molecule has 2 aliphatic heterocycles. The van der Waals surface area contributed by atoms with Gasteiger partial charge >= 0.3 is 0 Å². The maximum atomic E-state index is 12.6. The van der Waals surface area contributed by atoms with E-state index in [1.807, 2.05) is 4.90 Å². The van der Waals surface area contributed by atoms with Crippen LogP contribution in [-0.4, -0.2) is 30.5 Å². The highest BCUT2D eigenvalue weighted by Gasteiger charge is 2.28. The van der Waals surface area contributed by atoms with Gasteiger partial charge < -0.3 is 15.4 Å². The van der Waals surface area contributed by atoms with Crippen LogP contribution in [0, 0.1) is 0 Å². The third kappa shape index (κ3) is 2.01. The Morgan fingerprint density at radius 2 is 2.06 bits per heavy atom. The van der Waals surface area contributed by atoms with Crippen molar-refractivity contribution >= 4 is 22.2 Å². The molecule has 2 N–H and O–H groups in total. The van der Waals surface area contributed by atoms with Gasteiger partial charge in [0.05, 0.1) is 23.8 Å². The Balaban J connectivity index is 1.90. The van der Waals surface area contributed by atoms with E-state index in [4.69, 9.17) is 10.5 Å². The number of rotatable bonds is 1. The van der Waals surface area contributed by atoms with Crippen LogP contribution in [0.25, 0.3) is 0 Å². The average molecular weight is 266 g/mol. The summed E-state index contributed by atoms with van der Waals surface area (Å²) in [6, 6.07) is 0. The lowest BCUT2D eigenvalue weighted by Gasteiger charge is -2.27. The van der Waals surface area contributed by atoms with Crippen LogP contribution >= 0.6 is 11.3 Å². The molecule has 0 spiro atoms. The maximum Gasteiger partial charge on any atom is 0.257 e. The van der Waals surface area contributed by atoms with E-state index < -0.39 is 0 Å². The number of anilines is 1. The summed E-state index contributed by atoms with van der Waals surface area (Å²) in [5, 5.41) is 0.668. The molecule has 0 bridgehead atoms. The number of carbonyl (C=O) groups excluding carboxylic acids is 1. The number of nitrogens with zero attached hydrogens (tertiary/aromatic N) is 1. The summed E-state index contributed by atoms with van der Waals surface area (Å²) < 4.78 is 5.42. The summed E-state index contributed by atoms with van der Waals surface area (Å²) in [6.07, 6.45) is 4.27. The fourth-order valence-corrected chi connectivity index (χ4v) is 3.79. The summed E-state index contributed by atoms with van der Waals surface area (Å²) >= 11 is 1.51. The fourth-order valence-electron chi connectivity index (χ4n) is 2.74. The molecule has 0 aliphatic carbocycles. The van der Waals surface area contributed by atoms with E-state index >= 15 is 0 Å². The van der Waals surface area contributed by atoms with Gasteiger partial charge in [-0.05, 0) is 31.2 Å². The molecule has 1 amide bonds. The minimum Gasteiger partial charge on any atom is -0.390 e. The quantitative estimate of drug-likeness (QED) is 0.846. The molecule has 18 heavy (non-hydrogen) atoms. The van der Waals surface area contributed by atoms with Crippen LogP contribution in [0.2, 0.25) is 0 Å². The van der Waals surface area contributed by atoms with Crippen LogP contribution in [0.15, 0.2) is 0 Å². The number of hydrogen-bond acceptors (Lipinski definition) is 4. The fraction of sp³-hybridized carbons (Fsp3) is 0.615. The van der Waals surface area contributed by atoms with Crippen LogP contribution < -0.4 is 5.73 Å². The van der Waals surface area contributed by atoms with Crippen molar-refractivity contribution < 1.29 is 9.53 Å². The second-order valence-electron chi connectivity index (χ2n) is 4.90. The highest BCUT2D eigenvalue weighted by Crippen LogP contribution is 2.35. The molecule has 1 saturated heterocycles. The van der Waals surface area contributed by atoms with Crippen LogP contribution in [0.3, 0.4) is 0 Å². The van der Waals surface area contributed by atoms with Gasteiger partial charge in [0.25, 0.3) is 5.91 Å². The largest absolute Gasteiger partial charge is 0.390 e. The number of piperidine rings is 1. The predicted molar refractivity (Wildman–Crippen MR) is 71.8 cm³/mol. The molecule has 2 aliphatic rings. The number of carbonyl (C=O) groups is 1. The molecular weight excluding hydrogens is 248 g/mol. The number of thiophene rings is 1. The van der Waals surface area contributed by atoms with Crippen molar-refractivity contribution in [1.29, 1.82) is 0 Å². The predicted octanol–water partition coefficient (Wildman–Crippen LogP) is 2.03. The number of nitrogen functional groups attached to an aromatic ring is 1. The lowest BCUT2D eigenvalue weighted by atomic mass is 10.0. The van der Waals surface area contributed by atoms with Gasteiger partial charge in [-0.2, -0.15) is 0 Å². The van der Waals surface area contributed by atoms with E-state index in [2.05, 4.69) is 0 Å². The Hall–Kier alpha value is -1.07. The van der Waals surface area contributed by atoms with Crippen molar-refractivity contribution in [2.45, 2.75) is 32.3 Å². The molecule has 1 aromatic rings. The van der Waals surface area contributed by atoms with E-state index in [9.17, 15) is 4.79 Å². The van der Waals surface area contributed by atoms with E-state index in [-0.39, 0.29) is 5.91 Å².